The molecule has 4 heteroatoms. The second kappa shape index (κ2) is 5.83. The standard InChI is InChI=1S/C14H12BrClFN/c1-18-14(12-4-2-3-5-13(12)17)9-6-10(15)8-11(16)7-9/h2-8,14,18H,1H3. The Kier molecular flexibility index (Phi) is 4.38. The number of hydrogen-bond donors (Lipinski definition) is 1. The van der Waals surface area contributed by atoms with Gasteiger partial charge in [0.15, 0.2) is 0 Å². The third-order valence-electron chi connectivity index (χ3n) is 2.72. The highest BCUT2D eigenvalue weighted by atomic mass is 79.9. The number of benzene rings is 2. The summed E-state index contributed by atoms with van der Waals surface area (Å²) in [5.74, 6) is -0.229. The molecule has 1 atom stereocenters. The van der Waals surface area contributed by atoms with Crippen molar-refractivity contribution in [2.75, 3.05) is 7.05 Å². The smallest absolute Gasteiger partial charge is 0.128 e. The van der Waals surface area contributed by atoms with Gasteiger partial charge in [0.1, 0.15) is 5.82 Å². The van der Waals surface area contributed by atoms with E-state index in [1.807, 2.05) is 18.2 Å². The Bertz CT molecular complexity index is 539. The lowest BCUT2D eigenvalue weighted by Crippen LogP contribution is -2.18. The molecule has 0 radical (unpaired) electrons. The average molecular weight is 329 g/mol. The van der Waals surface area contributed by atoms with Crippen LogP contribution in [0.2, 0.25) is 5.02 Å². The van der Waals surface area contributed by atoms with E-state index in [4.69, 9.17) is 11.6 Å². The lowest BCUT2D eigenvalue weighted by molar-refractivity contribution is 0.576. The first-order chi connectivity index (χ1) is 8.61. The van der Waals surface area contributed by atoms with Crippen molar-refractivity contribution < 1.29 is 4.39 Å². The van der Waals surface area contributed by atoms with Gasteiger partial charge in [-0.2, -0.15) is 0 Å². The van der Waals surface area contributed by atoms with Gasteiger partial charge in [-0.3, -0.25) is 0 Å². The molecule has 0 saturated heterocycles. The highest BCUT2D eigenvalue weighted by molar-refractivity contribution is 9.10. The first-order valence-corrected chi connectivity index (χ1v) is 6.66. The third-order valence-corrected chi connectivity index (χ3v) is 3.40. The molecule has 0 aliphatic rings. The van der Waals surface area contributed by atoms with Gasteiger partial charge in [0.2, 0.25) is 0 Å². The summed E-state index contributed by atoms with van der Waals surface area (Å²) in [6.07, 6.45) is 0. The van der Waals surface area contributed by atoms with Crippen LogP contribution in [0.15, 0.2) is 46.9 Å². The van der Waals surface area contributed by atoms with E-state index in [0.717, 1.165) is 10.0 Å². The van der Waals surface area contributed by atoms with E-state index < -0.39 is 0 Å². The maximum atomic E-state index is 13.8. The molecule has 0 aliphatic carbocycles. The fourth-order valence-electron chi connectivity index (χ4n) is 1.95. The summed E-state index contributed by atoms with van der Waals surface area (Å²) in [5.41, 5.74) is 1.52. The van der Waals surface area contributed by atoms with E-state index >= 15 is 0 Å². The van der Waals surface area contributed by atoms with Gasteiger partial charge in [0.05, 0.1) is 6.04 Å². The van der Waals surface area contributed by atoms with Crippen molar-refractivity contribution in [3.05, 3.63) is 68.9 Å². The summed E-state index contributed by atoms with van der Waals surface area (Å²) in [5, 5.41) is 3.73. The molecule has 2 rings (SSSR count). The minimum atomic E-state index is -0.229. The van der Waals surface area contributed by atoms with Crippen LogP contribution < -0.4 is 5.32 Å². The fourth-order valence-corrected chi connectivity index (χ4v) is 2.84. The monoisotopic (exact) mass is 327 g/mol. The van der Waals surface area contributed by atoms with Crippen LogP contribution in [0.5, 0.6) is 0 Å². The van der Waals surface area contributed by atoms with Crippen molar-refractivity contribution in [2.24, 2.45) is 0 Å². The van der Waals surface area contributed by atoms with E-state index in [0.29, 0.717) is 10.6 Å². The number of nitrogens with one attached hydrogen (secondary N) is 1. The Morgan fingerprint density at radius 3 is 2.56 bits per heavy atom. The minimum Gasteiger partial charge on any atom is -0.309 e. The molecule has 2 aromatic carbocycles. The molecule has 0 fully saturated rings. The topological polar surface area (TPSA) is 12.0 Å². The van der Waals surface area contributed by atoms with Gasteiger partial charge in [-0.15, -0.1) is 0 Å². The zero-order chi connectivity index (χ0) is 13.1. The Morgan fingerprint density at radius 2 is 1.94 bits per heavy atom. The molecular formula is C14H12BrClFN. The molecule has 0 aromatic heterocycles. The van der Waals surface area contributed by atoms with Crippen LogP contribution in [-0.4, -0.2) is 7.05 Å². The van der Waals surface area contributed by atoms with Crippen molar-refractivity contribution in [3.8, 4) is 0 Å². The van der Waals surface area contributed by atoms with Gasteiger partial charge >= 0.3 is 0 Å². The summed E-state index contributed by atoms with van der Waals surface area (Å²) in [6, 6.07) is 12.1. The third kappa shape index (κ3) is 2.91. The highest BCUT2D eigenvalue weighted by Crippen LogP contribution is 2.28. The van der Waals surface area contributed by atoms with Crippen molar-refractivity contribution in [2.45, 2.75) is 6.04 Å². The number of halogens is 3. The van der Waals surface area contributed by atoms with Crippen molar-refractivity contribution in [1.82, 2.24) is 5.32 Å². The van der Waals surface area contributed by atoms with E-state index in [1.54, 1.807) is 25.2 Å². The molecular weight excluding hydrogens is 317 g/mol. The van der Waals surface area contributed by atoms with Crippen molar-refractivity contribution in [1.29, 1.82) is 0 Å². The molecule has 0 spiro atoms. The highest BCUT2D eigenvalue weighted by Gasteiger charge is 2.16. The van der Waals surface area contributed by atoms with Crippen LogP contribution >= 0.6 is 27.5 Å². The molecule has 1 nitrogen and oxygen atoms in total. The Morgan fingerprint density at radius 1 is 1.22 bits per heavy atom. The van der Waals surface area contributed by atoms with E-state index in [-0.39, 0.29) is 11.9 Å². The van der Waals surface area contributed by atoms with Crippen LogP contribution in [-0.2, 0) is 0 Å². The predicted octanol–water partition coefficient (Wildman–Crippen LogP) is 4.55. The average Bonchev–Trinajstić information content (AvgIpc) is 2.31. The van der Waals surface area contributed by atoms with Gasteiger partial charge < -0.3 is 5.32 Å². The van der Waals surface area contributed by atoms with Crippen molar-refractivity contribution >= 4 is 27.5 Å². The van der Waals surface area contributed by atoms with Gasteiger partial charge in [0, 0.05) is 15.1 Å². The maximum Gasteiger partial charge on any atom is 0.128 e. The molecule has 18 heavy (non-hydrogen) atoms. The van der Waals surface area contributed by atoms with Gasteiger partial charge in [-0.25, -0.2) is 4.39 Å². The first kappa shape index (κ1) is 13.5. The van der Waals surface area contributed by atoms with Crippen LogP contribution in [0.4, 0.5) is 4.39 Å². The zero-order valence-electron chi connectivity index (χ0n) is 9.75. The predicted molar refractivity (Wildman–Crippen MR) is 76.5 cm³/mol. The Balaban J connectivity index is 2.48. The van der Waals surface area contributed by atoms with Crippen LogP contribution in [0, 0.1) is 5.82 Å². The Hall–Kier alpha value is -0.900. The van der Waals surface area contributed by atoms with Crippen LogP contribution in [0.3, 0.4) is 0 Å². The molecule has 0 saturated carbocycles. The lowest BCUT2D eigenvalue weighted by atomic mass is 9.98. The van der Waals surface area contributed by atoms with Gasteiger partial charge in [0.25, 0.3) is 0 Å². The largest absolute Gasteiger partial charge is 0.309 e. The maximum absolute atomic E-state index is 13.8. The number of hydrogen-bond acceptors (Lipinski definition) is 1. The van der Waals surface area contributed by atoms with E-state index in [1.165, 1.54) is 6.07 Å². The minimum absolute atomic E-state index is 0.221. The van der Waals surface area contributed by atoms with Gasteiger partial charge in [-0.05, 0) is 36.9 Å². The summed E-state index contributed by atoms with van der Waals surface area (Å²) in [7, 11) is 1.80. The second-order valence-corrected chi connectivity index (χ2v) is 5.30. The first-order valence-electron chi connectivity index (χ1n) is 5.49. The number of rotatable bonds is 3. The molecule has 94 valence electrons. The molecule has 0 bridgehead atoms. The SMILES string of the molecule is CNC(c1cc(Cl)cc(Br)c1)c1ccccc1F. The van der Waals surface area contributed by atoms with Gasteiger partial charge in [-0.1, -0.05) is 45.7 Å². The normalized spacial score (nSPS) is 12.4. The second-order valence-electron chi connectivity index (χ2n) is 3.95. The molecule has 0 heterocycles. The molecule has 1 N–H and O–H groups in total. The molecule has 2 aromatic rings. The fraction of sp³-hybridized carbons (Fsp3) is 0.143. The summed E-state index contributed by atoms with van der Waals surface area (Å²) < 4.78 is 14.7. The van der Waals surface area contributed by atoms with E-state index in [2.05, 4.69) is 21.2 Å². The summed E-state index contributed by atoms with van der Waals surface area (Å²) in [6.45, 7) is 0. The molecule has 0 aliphatic heterocycles. The lowest BCUT2D eigenvalue weighted by Gasteiger charge is -2.18. The van der Waals surface area contributed by atoms with Crippen LogP contribution in [0.1, 0.15) is 17.2 Å². The quantitative estimate of drug-likeness (QED) is 0.871. The zero-order valence-corrected chi connectivity index (χ0v) is 12.1. The molecule has 1 unspecified atom stereocenters. The van der Waals surface area contributed by atoms with Crippen molar-refractivity contribution in [3.63, 3.8) is 0 Å². The summed E-state index contributed by atoms with van der Waals surface area (Å²) in [4.78, 5) is 0. The van der Waals surface area contributed by atoms with E-state index in [9.17, 15) is 4.39 Å². The van der Waals surface area contributed by atoms with Crippen LogP contribution in [0.25, 0.3) is 0 Å². The Labute approximate surface area is 119 Å². The summed E-state index contributed by atoms with van der Waals surface area (Å²) >= 11 is 9.42. The molecule has 0 amide bonds.